The first-order chi connectivity index (χ1) is 11.7. The molecule has 124 valence electrons. The number of nitrogens with one attached hydrogen (secondary N) is 1. The summed E-state index contributed by atoms with van der Waals surface area (Å²) in [5.74, 6) is 2.33. The lowest BCUT2D eigenvalue weighted by Gasteiger charge is -2.02. The van der Waals surface area contributed by atoms with E-state index in [-0.39, 0.29) is 5.91 Å². The Morgan fingerprint density at radius 1 is 1.21 bits per heavy atom. The molecular formula is C17H15ClN2O3S. The number of nitrogens with zero attached hydrogens (tertiary/aromatic N) is 1. The number of hydrogen-bond donors (Lipinski definition) is 1. The van der Waals surface area contributed by atoms with Crippen LogP contribution in [0.5, 0.6) is 0 Å². The molecule has 0 aliphatic heterocycles. The van der Waals surface area contributed by atoms with Crippen LogP contribution < -0.4 is 5.32 Å². The fraction of sp³-hybridized carbons (Fsp3) is 0.176. The summed E-state index contributed by atoms with van der Waals surface area (Å²) in [6, 6.07) is 12.9. The minimum atomic E-state index is -0.0474. The SMILES string of the molecule is O=C(CSCc1cc(-c2ccc(Cl)cc2)no1)NCc1ccco1. The normalized spacial score (nSPS) is 10.7. The summed E-state index contributed by atoms with van der Waals surface area (Å²) in [5.41, 5.74) is 1.69. The van der Waals surface area contributed by atoms with Gasteiger partial charge in [0.25, 0.3) is 0 Å². The number of carbonyl (C=O) groups excluding carboxylic acids is 1. The Morgan fingerprint density at radius 3 is 2.79 bits per heavy atom. The van der Waals surface area contributed by atoms with Crippen molar-refractivity contribution in [2.45, 2.75) is 12.3 Å². The topological polar surface area (TPSA) is 68.3 Å². The summed E-state index contributed by atoms with van der Waals surface area (Å²) in [6.45, 7) is 0.398. The van der Waals surface area contributed by atoms with Crippen molar-refractivity contribution in [3.05, 3.63) is 65.3 Å². The minimum absolute atomic E-state index is 0.0474. The van der Waals surface area contributed by atoms with Crippen molar-refractivity contribution in [2.24, 2.45) is 0 Å². The number of aromatic nitrogens is 1. The Morgan fingerprint density at radius 2 is 2.04 bits per heavy atom. The van der Waals surface area contributed by atoms with E-state index < -0.39 is 0 Å². The van der Waals surface area contributed by atoms with Gasteiger partial charge in [-0.1, -0.05) is 28.9 Å². The summed E-state index contributed by atoms with van der Waals surface area (Å²) in [7, 11) is 0. The van der Waals surface area contributed by atoms with Gasteiger partial charge in [-0.15, -0.1) is 11.8 Å². The van der Waals surface area contributed by atoms with E-state index in [1.54, 1.807) is 12.3 Å². The van der Waals surface area contributed by atoms with Gasteiger partial charge in [0.1, 0.15) is 17.2 Å². The Balaban J connectivity index is 1.43. The quantitative estimate of drug-likeness (QED) is 0.684. The summed E-state index contributed by atoms with van der Waals surface area (Å²) < 4.78 is 10.5. The molecule has 7 heteroatoms. The molecule has 1 N–H and O–H groups in total. The standard InChI is InChI=1S/C17H15ClN2O3S/c18-13-5-3-12(4-6-13)16-8-15(23-20-16)10-24-11-17(21)19-9-14-2-1-7-22-14/h1-8H,9-11H2,(H,19,21). The zero-order valence-electron chi connectivity index (χ0n) is 12.7. The first kappa shape index (κ1) is 16.7. The van der Waals surface area contributed by atoms with Gasteiger partial charge >= 0.3 is 0 Å². The molecule has 0 fully saturated rings. The molecule has 0 spiro atoms. The third kappa shape index (κ3) is 4.66. The van der Waals surface area contributed by atoms with Crippen molar-refractivity contribution in [2.75, 3.05) is 5.75 Å². The molecule has 0 saturated heterocycles. The van der Waals surface area contributed by atoms with Crippen LogP contribution in [0.3, 0.4) is 0 Å². The maximum absolute atomic E-state index is 11.8. The van der Waals surface area contributed by atoms with E-state index in [1.165, 1.54) is 11.8 Å². The van der Waals surface area contributed by atoms with Crippen molar-refractivity contribution < 1.29 is 13.7 Å². The number of halogens is 1. The zero-order valence-corrected chi connectivity index (χ0v) is 14.3. The molecule has 2 aromatic heterocycles. The summed E-state index contributed by atoms with van der Waals surface area (Å²) >= 11 is 7.33. The van der Waals surface area contributed by atoms with Gasteiger partial charge < -0.3 is 14.3 Å². The van der Waals surface area contributed by atoms with Crippen molar-refractivity contribution >= 4 is 29.3 Å². The molecule has 2 heterocycles. The maximum atomic E-state index is 11.8. The molecule has 0 unspecified atom stereocenters. The fourth-order valence-corrected chi connectivity index (χ4v) is 2.88. The third-order valence-corrected chi connectivity index (χ3v) is 4.42. The molecule has 5 nitrogen and oxygen atoms in total. The smallest absolute Gasteiger partial charge is 0.230 e. The van der Waals surface area contributed by atoms with Crippen LogP contribution >= 0.6 is 23.4 Å². The van der Waals surface area contributed by atoms with E-state index >= 15 is 0 Å². The Labute approximate surface area is 148 Å². The van der Waals surface area contributed by atoms with Gasteiger partial charge in [-0.3, -0.25) is 4.79 Å². The minimum Gasteiger partial charge on any atom is -0.467 e. The molecule has 3 aromatic rings. The number of furan rings is 1. The molecule has 0 saturated carbocycles. The predicted octanol–water partition coefficient (Wildman–Crippen LogP) is 4.14. The van der Waals surface area contributed by atoms with Gasteiger partial charge in [0.05, 0.1) is 24.3 Å². The first-order valence-electron chi connectivity index (χ1n) is 7.29. The van der Waals surface area contributed by atoms with Crippen LogP contribution in [0.4, 0.5) is 0 Å². The fourth-order valence-electron chi connectivity index (χ4n) is 2.03. The third-order valence-electron chi connectivity index (χ3n) is 3.22. The van der Waals surface area contributed by atoms with Crippen LogP contribution in [0, 0.1) is 0 Å². The second-order valence-corrected chi connectivity index (χ2v) is 6.46. The van der Waals surface area contributed by atoms with Crippen LogP contribution in [-0.4, -0.2) is 16.8 Å². The molecular weight excluding hydrogens is 348 g/mol. The molecule has 0 atom stereocenters. The Bertz CT molecular complexity index is 785. The highest BCUT2D eigenvalue weighted by molar-refractivity contribution is 7.99. The van der Waals surface area contributed by atoms with Gasteiger partial charge in [-0.2, -0.15) is 0 Å². The molecule has 0 bridgehead atoms. The molecule has 1 amide bonds. The van der Waals surface area contributed by atoms with Gasteiger partial charge in [-0.25, -0.2) is 0 Å². The van der Waals surface area contributed by atoms with E-state index in [9.17, 15) is 4.79 Å². The number of amides is 1. The highest BCUT2D eigenvalue weighted by Crippen LogP contribution is 2.23. The molecule has 0 aliphatic rings. The summed E-state index contributed by atoms with van der Waals surface area (Å²) in [5, 5.41) is 7.51. The molecule has 0 aliphatic carbocycles. The van der Waals surface area contributed by atoms with Gasteiger partial charge in [0.2, 0.25) is 5.91 Å². The lowest BCUT2D eigenvalue weighted by molar-refractivity contribution is -0.118. The van der Waals surface area contributed by atoms with Crippen molar-refractivity contribution in [3.8, 4) is 11.3 Å². The van der Waals surface area contributed by atoms with Crippen LogP contribution in [0.25, 0.3) is 11.3 Å². The second-order valence-electron chi connectivity index (χ2n) is 5.03. The second kappa shape index (κ2) is 8.08. The average molecular weight is 363 g/mol. The maximum Gasteiger partial charge on any atom is 0.230 e. The zero-order chi connectivity index (χ0) is 16.8. The number of thioether (sulfide) groups is 1. The van der Waals surface area contributed by atoms with E-state index in [2.05, 4.69) is 10.5 Å². The number of hydrogen-bond acceptors (Lipinski definition) is 5. The molecule has 0 radical (unpaired) electrons. The first-order valence-corrected chi connectivity index (χ1v) is 8.82. The lowest BCUT2D eigenvalue weighted by Crippen LogP contribution is -2.24. The molecule has 24 heavy (non-hydrogen) atoms. The summed E-state index contributed by atoms with van der Waals surface area (Å²) in [6.07, 6.45) is 1.58. The highest BCUT2D eigenvalue weighted by Gasteiger charge is 2.08. The summed E-state index contributed by atoms with van der Waals surface area (Å²) in [4.78, 5) is 11.8. The monoisotopic (exact) mass is 362 g/mol. The lowest BCUT2D eigenvalue weighted by atomic mass is 10.1. The number of benzene rings is 1. The van der Waals surface area contributed by atoms with E-state index in [0.29, 0.717) is 23.1 Å². The van der Waals surface area contributed by atoms with Crippen molar-refractivity contribution in [3.63, 3.8) is 0 Å². The number of rotatable bonds is 7. The van der Waals surface area contributed by atoms with E-state index in [4.69, 9.17) is 20.5 Å². The van der Waals surface area contributed by atoms with Crippen molar-refractivity contribution in [1.29, 1.82) is 0 Å². The van der Waals surface area contributed by atoms with Gasteiger partial charge in [-0.05, 0) is 24.3 Å². The predicted molar refractivity (Wildman–Crippen MR) is 93.7 cm³/mol. The Kier molecular flexibility index (Phi) is 5.61. The van der Waals surface area contributed by atoms with Crippen LogP contribution in [0.1, 0.15) is 11.5 Å². The highest BCUT2D eigenvalue weighted by atomic mass is 35.5. The number of carbonyl (C=O) groups is 1. The average Bonchev–Trinajstić information content (AvgIpc) is 3.25. The van der Waals surface area contributed by atoms with Gasteiger partial charge in [0, 0.05) is 16.7 Å². The molecule has 3 rings (SSSR count). The van der Waals surface area contributed by atoms with Crippen LogP contribution in [-0.2, 0) is 17.1 Å². The Hall–Kier alpha value is -2.18. The van der Waals surface area contributed by atoms with E-state index in [1.807, 2.05) is 36.4 Å². The van der Waals surface area contributed by atoms with Gasteiger partial charge in [0.15, 0.2) is 0 Å². The van der Waals surface area contributed by atoms with Crippen molar-refractivity contribution in [1.82, 2.24) is 10.5 Å². The van der Waals surface area contributed by atoms with Crippen LogP contribution in [0.2, 0.25) is 5.02 Å². The molecule has 1 aromatic carbocycles. The van der Waals surface area contributed by atoms with Crippen LogP contribution in [0.15, 0.2) is 57.7 Å². The van der Waals surface area contributed by atoms with E-state index in [0.717, 1.165) is 22.8 Å². The largest absolute Gasteiger partial charge is 0.467 e.